The van der Waals surface area contributed by atoms with Crippen LogP contribution in [0.4, 0.5) is 5.69 Å². The fourth-order valence-corrected chi connectivity index (χ4v) is 1.86. The summed E-state index contributed by atoms with van der Waals surface area (Å²) in [5.41, 5.74) is 2.52. The summed E-state index contributed by atoms with van der Waals surface area (Å²) in [6, 6.07) is 9.22. The third-order valence-corrected chi connectivity index (χ3v) is 2.86. The Morgan fingerprint density at radius 2 is 2.26 bits per heavy atom. The first-order valence-corrected chi connectivity index (χ1v) is 6.17. The van der Waals surface area contributed by atoms with Gasteiger partial charge in [0.1, 0.15) is 0 Å². The molecule has 1 heterocycles. The molecular formula is C14H17N3O2. The molecule has 0 saturated heterocycles. The van der Waals surface area contributed by atoms with Crippen LogP contribution in [0.3, 0.4) is 0 Å². The zero-order valence-corrected chi connectivity index (χ0v) is 11.1. The molecule has 1 aromatic heterocycles. The number of anilines is 1. The Morgan fingerprint density at radius 1 is 1.42 bits per heavy atom. The summed E-state index contributed by atoms with van der Waals surface area (Å²) in [6.07, 6.45) is 1.78. The highest BCUT2D eigenvalue weighted by Gasteiger charge is 2.06. The van der Waals surface area contributed by atoms with Crippen molar-refractivity contribution >= 4 is 11.7 Å². The van der Waals surface area contributed by atoms with Gasteiger partial charge in [0, 0.05) is 18.4 Å². The van der Waals surface area contributed by atoms with Crippen molar-refractivity contribution < 1.29 is 9.53 Å². The largest absolute Gasteiger partial charge is 0.465 e. The highest BCUT2D eigenvalue weighted by atomic mass is 16.5. The molecule has 5 nitrogen and oxygen atoms in total. The summed E-state index contributed by atoms with van der Waals surface area (Å²) in [7, 11) is 1.38. The van der Waals surface area contributed by atoms with Crippen LogP contribution in [0.1, 0.15) is 23.0 Å². The zero-order chi connectivity index (χ0) is 13.7. The highest BCUT2D eigenvalue weighted by molar-refractivity contribution is 5.90. The standard InChI is InChI=1S/C14H17N3O2/c1-3-17-13(7-8-16-17)10-15-12-6-4-5-11(9-12)14(18)19-2/h4-9,15H,3,10H2,1-2H3. The van der Waals surface area contributed by atoms with E-state index in [4.69, 9.17) is 4.74 Å². The zero-order valence-electron chi connectivity index (χ0n) is 11.1. The number of ether oxygens (including phenoxy) is 1. The summed E-state index contributed by atoms with van der Waals surface area (Å²) in [6.45, 7) is 3.55. The van der Waals surface area contributed by atoms with Gasteiger partial charge in [-0.05, 0) is 31.2 Å². The first-order valence-electron chi connectivity index (χ1n) is 6.17. The number of carbonyl (C=O) groups excluding carboxylic acids is 1. The predicted octanol–water partition coefficient (Wildman–Crippen LogP) is 2.30. The molecule has 0 amide bonds. The van der Waals surface area contributed by atoms with Crippen molar-refractivity contribution in [2.75, 3.05) is 12.4 Å². The van der Waals surface area contributed by atoms with Gasteiger partial charge >= 0.3 is 5.97 Å². The van der Waals surface area contributed by atoms with Crippen molar-refractivity contribution in [2.24, 2.45) is 0 Å². The number of hydrogen-bond donors (Lipinski definition) is 1. The molecule has 100 valence electrons. The number of aryl methyl sites for hydroxylation is 1. The Labute approximate surface area is 112 Å². The molecule has 2 aromatic rings. The van der Waals surface area contributed by atoms with Gasteiger partial charge in [-0.1, -0.05) is 6.07 Å². The number of aromatic nitrogens is 2. The number of rotatable bonds is 5. The molecule has 0 unspecified atom stereocenters. The number of carbonyl (C=O) groups is 1. The number of hydrogen-bond acceptors (Lipinski definition) is 4. The second-order valence-corrected chi connectivity index (χ2v) is 4.06. The van der Waals surface area contributed by atoms with Crippen LogP contribution < -0.4 is 5.32 Å². The van der Waals surface area contributed by atoms with Gasteiger partial charge in [0.2, 0.25) is 0 Å². The normalized spacial score (nSPS) is 10.2. The van der Waals surface area contributed by atoms with Crippen LogP contribution in [-0.2, 0) is 17.8 Å². The molecule has 1 N–H and O–H groups in total. The van der Waals surface area contributed by atoms with Crippen LogP contribution in [0.25, 0.3) is 0 Å². The number of nitrogens with one attached hydrogen (secondary N) is 1. The van der Waals surface area contributed by atoms with Gasteiger partial charge in [0.25, 0.3) is 0 Å². The molecule has 0 atom stereocenters. The quantitative estimate of drug-likeness (QED) is 0.837. The van der Waals surface area contributed by atoms with E-state index >= 15 is 0 Å². The molecule has 0 aliphatic rings. The summed E-state index contributed by atoms with van der Waals surface area (Å²) >= 11 is 0. The Hall–Kier alpha value is -2.30. The maximum Gasteiger partial charge on any atom is 0.337 e. The van der Waals surface area contributed by atoms with Gasteiger partial charge in [0.15, 0.2) is 0 Å². The van der Waals surface area contributed by atoms with Crippen LogP contribution >= 0.6 is 0 Å². The van der Waals surface area contributed by atoms with Crippen molar-refractivity contribution in [1.82, 2.24) is 9.78 Å². The lowest BCUT2D eigenvalue weighted by Gasteiger charge is -2.09. The predicted molar refractivity (Wildman–Crippen MR) is 73.0 cm³/mol. The van der Waals surface area contributed by atoms with Gasteiger partial charge in [-0.25, -0.2) is 4.79 Å². The van der Waals surface area contributed by atoms with E-state index in [1.807, 2.05) is 29.8 Å². The summed E-state index contributed by atoms with van der Waals surface area (Å²) in [5, 5.41) is 7.48. The number of esters is 1. The summed E-state index contributed by atoms with van der Waals surface area (Å²) in [5.74, 6) is -0.331. The second-order valence-electron chi connectivity index (χ2n) is 4.06. The Bertz CT molecular complexity index is 563. The Kier molecular flexibility index (Phi) is 4.18. The van der Waals surface area contributed by atoms with Crippen molar-refractivity contribution in [1.29, 1.82) is 0 Å². The van der Waals surface area contributed by atoms with Gasteiger partial charge in [0.05, 0.1) is 24.9 Å². The molecule has 19 heavy (non-hydrogen) atoms. The molecule has 2 rings (SSSR count). The molecule has 0 saturated carbocycles. The molecule has 0 aliphatic carbocycles. The lowest BCUT2D eigenvalue weighted by atomic mass is 10.2. The Balaban J connectivity index is 2.05. The van der Waals surface area contributed by atoms with Crippen LogP contribution in [-0.4, -0.2) is 22.9 Å². The molecule has 0 radical (unpaired) electrons. The van der Waals surface area contributed by atoms with Crippen molar-refractivity contribution in [3.05, 3.63) is 47.8 Å². The van der Waals surface area contributed by atoms with Crippen molar-refractivity contribution in [3.8, 4) is 0 Å². The number of nitrogens with zero attached hydrogens (tertiary/aromatic N) is 2. The number of benzene rings is 1. The van der Waals surface area contributed by atoms with Gasteiger partial charge in [-0.3, -0.25) is 4.68 Å². The Morgan fingerprint density at radius 3 is 3.00 bits per heavy atom. The fourth-order valence-electron chi connectivity index (χ4n) is 1.86. The van der Waals surface area contributed by atoms with E-state index < -0.39 is 0 Å². The van der Waals surface area contributed by atoms with Crippen molar-refractivity contribution in [2.45, 2.75) is 20.0 Å². The monoisotopic (exact) mass is 259 g/mol. The van der Waals surface area contributed by atoms with E-state index in [1.54, 1.807) is 18.3 Å². The lowest BCUT2D eigenvalue weighted by Crippen LogP contribution is -2.08. The SMILES string of the molecule is CCn1nccc1CNc1cccc(C(=O)OC)c1. The second kappa shape index (κ2) is 6.04. The topological polar surface area (TPSA) is 56.2 Å². The molecule has 0 aliphatic heterocycles. The molecule has 1 aromatic carbocycles. The van der Waals surface area contributed by atoms with E-state index in [0.29, 0.717) is 12.1 Å². The minimum atomic E-state index is -0.331. The van der Waals surface area contributed by atoms with E-state index in [2.05, 4.69) is 10.4 Å². The average Bonchev–Trinajstić information content (AvgIpc) is 2.92. The van der Waals surface area contributed by atoms with E-state index in [-0.39, 0.29) is 5.97 Å². The van der Waals surface area contributed by atoms with E-state index in [0.717, 1.165) is 17.9 Å². The molecule has 5 heteroatoms. The average molecular weight is 259 g/mol. The molecule has 0 fully saturated rings. The van der Waals surface area contributed by atoms with E-state index in [9.17, 15) is 4.79 Å². The van der Waals surface area contributed by atoms with Crippen LogP contribution in [0, 0.1) is 0 Å². The fraction of sp³-hybridized carbons (Fsp3) is 0.286. The van der Waals surface area contributed by atoms with Crippen LogP contribution in [0.5, 0.6) is 0 Å². The highest BCUT2D eigenvalue weighted by Crippen LogP contribution is 2.13. The first kappa shape index (κ1) is 13.1. The molecular weight excluding hydrogens is 242 g/mol. The third-order valence-electron chi connectivity index (χ3n) is 2.86. The van der Waals surface area contributed by atoms with Gasteiger partial charge in [-0.15, -0.1) is 0 Å². The lowest BCUT2D eigenvalue weighted by molar-refractivity contribution is 0.0601. The number of methoxy groups -OCH3 is 1. The van der Waals surface area contributed by atoms with Crippen molar-refractivity contribution in [3.63, 3.8) is 0 Å². The maximum atomic E-state index is 11.4. The summed E-state index contributed by atoms with van der Waals surface area (Å²) in [4.78, 5) is 11.4. The first-order chi connectivity index (χ1) is 9.24. The molecule has 0 bridgehead atoms. The van der Waals surface area contributed by atoms with E-state index in [1.165, 1.54) is 7.11 Å². The minimum Gasteiger partial charge on any atom is -0.465 e. The van der Waals surface area contributed by atoms with Gasteiger partial charge < -0.3 is 10.1 Å². The molecule has 0 spiro atoms. The third kappa shape index (κ3) is 3.13. The van der Waals surface area contributed by atoms with Gasteiger partial charge in [-0.2, -0.15) is 5.10 Å². The summed E-state index contributed by atoms with van der Waals surface area (Å²) < 4.78 is 6.63. The smallest absolute Gasteiger partial charge is 0.337 e. The van der Waals surface area contributed by atoms with Crippen LogP contribution in [0.2, 0.25) is 0 Å². The maximum absolute atomic E-state index is 11.4. The minimum absolute atomic E-state index is 0.331. The van der Waals surface area contributed by atoms with Crippen LogP contribution in [0.15, 0.2) is 36.5 Å².